The van der Waals surface area contributed by atoms with E-state index in [0.717, 1.165) is 29.9 Å². The first-order chi connectivity index (χ1) is 16.8. The van der Waals surface area contributed by atoms with Crippen LogP contribution in [0, 0.1) is 0 Å². The molecular weight excluding hydrogens is 414 g/mol. The average molecular weight is 440 g/mol. The monoisotopic (exact) mass is 439 g/mol. The normalized spacial score (nSPS) is 18.2. The SMILES string of the molecule is c1ccc(N(c2ccccc2)c2cc(-c3ccc4c(c3)C3CCC4O3)c3ccccc3c2)cc1. The second-order valence-corrected chi connectivity index (χ2v) is 9.26. The van der Waals surface area contributed by atoms with Gasteiger partial charge in [-0.05, 0) is 88.3 Å². The molecule has 2 unspecified atom stereocenters. The molecule has 7 rings (SSSR count). The predicted octanol–water partition coefficient (Wildman–Crippen LogP) is 8.88. The highest BCUT2D eigenvalue weighted by atomic mass is 16.5. The third-order valence-corrected chi connectivity index (χ3v) is 7.24. The number of benzene rings is 5. The van der Waals surface area contributed by atoms with E-state index in [1.807, 2.05) is 0 Å². The van der Waals surface area contributed by atoms with Crippen molar-refractivity contribution < 1.29 is 4.74 Å². The summed E-state index contributed by atoms with van der Waals surface area (Å²) < 4.78 is 6.19. The first-order valence-corrected chi connectivity index (χ1v) is 12.1. The minimum Gasteiger partial charge on any atom is -0.366 e. The summed E-state index contributed by atoms with van der Waals surface area (Å²) in [5.41, 5.74) is 8.74. The number of rotatable bonds is 4. The highest BCUT2D eigenvalue weighted by Crippen LogP contribution is 2.51. The van der Waals surface area contributed by atoms with Crippen LogP contribution >= 0.6 is 0 Å². The molecule has 2 aliphatic heterocycles. The van der Waals surface area contributed by atoms with Crippen LogP contribution in [0.25, 0.3) is 21.9 Å². The highest BCUT2D eigenvalue weighted by Gasteiger charge is 2.37. The van der Waals surface area contributed by atoms with Gasteiger partial charge in [0.05, 0.1) is 12.2 Å². The number of para-hydroxylation sites is 2. The topological polar surface area (TPSA) is 12.5 Å². The Hall–Kier alpha value is -3.88. The van der Waals surface area contributed by atoms with E-state index in [4.69, 9.17) is 4.74 Å². The smallest absolute Gasteiger partial charge is 0.0838 e. The zero-order valence-corrected chi connectivity index (χ0v) is 18.9. The third kappa shape index (κ3) is 3.14. The van der Waals surface area contributed by atoms with E-state index in [0.29, 0.717) is 6.10 Å². The van der Waals surface area contributed by atoms with E-state index in [1.54, 1.807) is 0 Å². The molecular formula is C32H25NO. The molecule has 1 fully saturated rings. The maximum Gasteiger partial charge on any atom is 0.0838 e. The number of fused-ring (bicyclic) bond motifs is 6. The Morgan fingerprint density at radius 2 is 1.21 bits per heavy atom. The van der Waals surface area contributed by atoms with Crippen molar-refractivity contribution in [2.45, 2.75) is 25.0 Å². The molecule has 2 nitrogen and oxygen atoms in total. The number of hydrogen-bond acceptors (Lipinski definition) is 2. The van der Waals surface area contributed by atoms with E-state index in [9.17, 15) is 0 Å². The molecule has 0 saturated carbocycles. The van der Waals surface area contributed by atoms with Gasteiger partial charge in [0.1, 0.15) is 0 Å². The Kier molecular flexibility index (Phi) is 4.53. The highest BCUT2D eigenvalue weighted by molar-refractivity contribution is 6.01. The predicted molar refractivity (Wildman–Crippen MR) is 140 cm³/mol. The second kappa shape index (κ2) is 7.86. The van der Waals surface area contributed by atoms with Gasteiger partial charge in [-0.1, -0.05) is 72.8 Å². The molecule has 0 amide bonds. The van der Waals surface area contributed by atoms with Crippen LogP contribution in [0.15, 0.2) is 115 Å². The fourth-order valence-corrected chi connectivity index (χ4v) is 5.67. The maximum absolute atomic E-state index is 6.19. The van der Waals surface area contributed by atoms with Crippen LogP contribution in [0.2, 0.25) is 0 Å². The van der Waals surface area contributed by atoms with Crippen molar-refractivity contribution >= 4 is 27.8 Å². The summed E-state index contributed by atoms with van der Waals surface area (Å²) in [4.78, 5) is 2.34. The fourth-order valence-electron chi connectivity index (χ4n) is 5.67. The molecule has 1 saturated heterocycles. The fraction of sp³-hybridized carbons (Fsp3) is 0.125. The van der Waals surface area contributed by atoms with Crippen molar-refractivity contribution in [3.05, 3.63) is 126 Å². The van der Waals surface area contributed by atoms with E-state index in [1.165, 1.54) is 33.0 Å². The molecule has 34 heavy (non-hydrogen) atoms. The number of anilines is 3. The maximum atomic E-state index is 6.19. The largest absolute Gasteiger partial charge is 0.366 e. The summed E-state index contributed by atoms with van der Waals surface area (Å²) in [7, 11) is 0. The molecule has 0 aromatic heterocycles. The second-order valence-electron chi connectivity index (χ2n) is 9.26. The number of nitrogens with zero attached hydrogens (tertiary/aromatic N) is 1. The third-order valence-electron chi connectivity index (χ3n) is 7.24. The Balaban J connectivity index is 1.45. The minimum atomic E-state index is 0.263. The molecule has 0 aliphatic carbocycles. The summed E-state index contributed by atoms with van der Waals surface area (Å²) in [6.45, 7) is 0. The molecule has 2 bridgehead atoms. The zero-order valence-electron chi connectivity index (χ0n) is 18.9. The lowest BCUT2D eigenvalue weighted by atomic mass is 9.88. The molecule has 2 aliphatic rings. The van der Waals surface area contributed by atoms with Crippen LogP contribution in [-0.4, -0.2) is 0 Å². The summed E-state index contributed by atoms with van der Waals surface area (Å²) >= 11 is 0. The van der Waals surface area contributed by atoms with Crippen molar-refractivity contribution in [2.24, 2.45) is 0 Å². The average Bonchev–Trinajstić information content (AvgIpc) is 3.52. The molecule has 2 atom stereocenters. The van der Waals surface area contributed by atoms with Gasteiger partial charge in [-0.2, -0.15) is 0 Å². The number of hydrogen-bond donors (Lipinski definition) is 0. The number of ether oxygens (including phenoxy) is 1. The standard InChI is InChI=1S/C32H25NO/c1-3-10-24(11-4-1)33(25-12-5-2-6-13-25)26-19-22-9-7-8-14-27(22)29(21-26)23-15-16-28-30(20-23)32-18-17-31(28)34-32/h1-16,19-21,31-32H,17-18H2. The van der Waals surface area contributed by atoms with Crippen LogP contribution in [0.4, 0.5) is 17.1 Å². The molecule has 2 heterocycles. The summed E-state index contributed by atoms with van der Waals surface area (Å²) in [6, 6.07) is 41.5. The Morgan fingerprint density at radius 1 is 0.559 bits per heavy atom. The van der Waals surface area contributed by atoms with E-state index in [2.05, 4.69) is 120 Å². The van der Waals surface area contributed by atoms with Gasteiger partial charge in [0.15, 0.2) is 0 Å². The summed E-state index contributed by atoms with van der Waals surface area (Å²) in [5.74, 6) is 0. The molecule has 0 radical (unpaired) electrons. The van der Waals surface area contributed by atoms with Crippen molar-refractivity contribution in [1.29, 1.82) is 0 Å². The van der Waals surface area contributed by atoms with Gasteiger partial charge < -0.3 is 9.64 Å². The summed E-state index contributed by atoms with van der Waals surface area (Å²) in [5, 5.41) is 2.52. The van der Waals surface area contributed by atoms with Gasteiger partial charge in [-0.25, -0.2) is 0 Å². The Morgan fingerprint density at radius 3 is 1.94 bits per heavy atom. The first kappa shape index (κ1) is 19.6. The van der Waals surface area contributed by atoms with Crippen LogP contribution in [0.5, 0.6) is 0 Å². The van der Waals surface area contributed by atoms with E-state index < -0.39 is 0 Å². The van der Waals surface area contributed by atoms with Gasteiger partial charge in [0, 0.05) is 17.1 Å². The van der Waals surface area contributed by atoms with Crippen LogP contribution in [0.3, 0.4) is 0 Å². The van der Waals surface area contributed by atoms with Crippen LogP contribution in [-0.2, 0) is 4.74 Å². The Bertz CT molecular complexity index is 1450. The lowest BCUT2D eigenvalue weighted by Crippen LogP contribution is -2.10. The molecule has 0 spiro atoms. The Labute approximate surface area is 200 Å². The van der Waals surface area contributed by atoms with E-state index >= 15 is 0 Å². The van der Waals surface area contributed by atoms with Crippen molar-refractivity contribution in [1.82, 2.24) is 0 Å². The minimum absolute atomic E-state index is 0.263. The van der Waals surface area contributed by atoms with Crippen LogP contribution < -0.4 is 4.90 Å². The van der Waals surface area contributed by atoms with Gasteiger partial charge in [-0.3, -0.25) is 0 Å². The molecule has 5 aromatic rings. The van der Waals surface area contributed by atoms with Crippen molar-refractivity contribution in [3.8, 4) is 11.1 Å². The van der Waals surface area contributed by atoms with Crippen molar-refractivity contribution in [2.75, 3.05) is 4.90 Å². The quantitative estimate of drug-likeness (QED) is 0.277. The molecule has 2 heteroatoms. The first-order valence-electron chi connectivity index (χ1n) is 12.1. The lowest BCUT2D eigenvalue weighted by Gasteiger charge is -2.27. The molecule has 164 valence electrons. The summed E-state index contributed by atoms with van der Waals surface area (Å²) in [6.07, 6.45) is 2.85. The zero-order chi connectivity index (χ0) is 22.5. The van der Waals surface area contributed by atoms with Gasteiger partial charge in [-0.15, -0.1) is 0 Å². The van der Waals surface area contributed by atoms with Gasteiger partial charge in [0.25, 0.3) is 0 Å². The van der Waals surface area contributed by atoms with Gasteiger partial charge >= 0.3 is 0 Å². The van der Waals surface area contributed by atoms with Gasteiger partial charge in [0.2, 0.25) is 0 Å². The van der Waals surface area contributed by atoms with Crippen molar-refractivity contribution in [3.63, 3.8) is 0 Å². The molecule has 0 N–H and O–H groups in total. The molecule has 5 aromatic carbocycles. The lowest BCUT2D eigenvalue weighted by molar-refractivity contribution is 0.0717. The van der Waals surface area contributed by atoms with E-state index in [-0.39, 0.29) is 6.10 Å². The van der Waals surface area contributed by atoms with Crippen LogP contribution in [0.1, 0.15) is 36.2 Å².